The summed E-state index contributed by atoms with van der Waals surface area (Å²) < 4.78 is 0. The Labute approximate surface area is 67.2 Å². The largest absolute Gasteiger partial charge is 0.481 e. The van der Waals surface area contributed by atoms with Gasteiger partial charge < -0.3 is 5.11 Å². The molecular formula is C9H14O2. The topological polar surface area (TPSA) is 37.3 Å². The molecule has 0 aliphatic heterocycles. The van der Waals surface area contributed by atoms with Crippen molar-refractivity contribution in [1.29, 1.82) is 0 Å². The van der Waals surface area contributed by atoms with Gasteiger partial charge in [0.05, 0.1) is 6.42 Å². The van der Waals surface area contributed by atoms with Crippen LogP contribution in [-0.2, 0) is 4.79 Å². The summed E-state index contributed by atoms with van der Waals surface area (Å²) in [5.41, 5.74) is 2.93. The van der Waals surface area contributed by atoms with E-state index in [4.69, 9.17) is 5.11 Å². The van der Waals surface area contributed by atoms with Gasteiger partial charge in [0.1, 0.15) is 0 Å². The fourth-order valence-corrected chi connectivity index (χ4v) is 0.685. The predicted molar refractivity (Wildman–Crippen MR) is 44.4 cm³/mol. The van der Waals surface area contributed by atoms with Gasteiger partial charge in [-0.05, 0) is 24.5 Å². The molecule has 0 aliphatic rings. The van der Waals surface area contributed by atoms with E-state index in [1.165, 1.54) is 0 Å². The third-order valence-corrected chi connectivity index (χ3v) is 1.20. The number of rotatable bonds is 4. The van der Waals surface area contributed by atoms with E-state index in [0.29, 0.717) is 0 Å². The molecule has 0 radical (unpaired) electrons. The molecule has 0 aromatic rings. The normalized spacial score (nSPS) is 11.5. The Morgan fingerprint density at radius 2 is 2.36 bits per heavy atom. The first kappa shape index (κ1) is 9.99. The smallest absolute Gasteiger partial charge is 0.303 e. The minimum absolute atomic E-state index is 0.0790. The molecule has 2 heteroatoms. The monoisotopic (exact) mass is 154 g/mol. The molecule has 11 heavy (non-hydrogen) atoms. The van der Waals surface area contributed by atoms with E-state index in [9.17, 15) is 4.79 Å². The lowest BCUT2D eigenvalue weighted by Crippen LogP contribution is -2.00. The molecule has 0 saturated heterocycles. The van der Waals surface area contributed by atoms with Crippen LogP contribution in [-0.4, -0.2) is 11.1 Å². The minimum atomic E-state index is -0.757. The molecule has 0 aliphatic carbocycles. The summed E-state index contributed by atoms with van der Waals surface area (Å²) >= 11 is 0. The third kappa shape index (κ3) is 6.88. The van der Waals surface area contributed by atoms with Gasteiger partial charge in [0.15, 0.2) is 0 Å². The molecule has 0 unspecified atom stereocenters. The van der Waals surface area contributed by atoms with Crippen molar-refractivity contribution in [3.63, 3.8) is 0 Å². The number of aliphatic carboxylic acids is 1. The fourth-order valence-electron chi connectivity index (χ4n) is 0.685. The average molecular weight is 154 g/mol. The number of carboxylic acids is 1. The highest BCUT2D eigenvalue weighted by atomic mass is 16.4. The molecule has 0 amide bonds. The van der Waals surface area contributed by atoms with Crippen LogP contribution in [0, 0.1) is 5.92 Å². The minimum Gasteiger partial charge on any atom is -0.481 e. The van der Waals surface area contributed by atoms with Crippen LogP contribution < -0.4 is 0 Å². The molecule has 2 nitrogen and oxygen atoms in total. The summed E-state index contributed by atoms with van der Waals surface area (Å²) in [4.78, 5) is 10.2. The first-order valence-corrected chi connectivity index (χ1v) is 3.79. The van der Waals surface area contributed by atoms with Crippen LogP contribution in [0.4, 0.5) is 0 Å². The van der Waals surface area contributed by atoms with Crippen molar-refractivity contribution in [3.05, 3.63) is 17.9 Å². The van der Waals surface area contributed by atoms with Crippen molar-refractivity contribution in [2.45, 2.75) is 26.7 Å². The number of carbonyl (C=O) groups is 1. The van der Waals surface area contributed by atoms with Gasteiger partial charge in [-0.15, -0.1) is 5.73 Å². The van der Waals surface area contributed by atoms with Gasteiger partial charge in [-0.25, -0.2) is 0 Å². The van der Waals surface area contributed by atoms with Gasteiger partial charge in [0.25, 0.3) is 0 Å². The zero-order chi connectivity index (χ0) is 8.69. The number of carboxylic acid groups (broad SMARTS) is 1. The Bertz CT molecular complexity index is 176. The Morgan fingerprint density at radius 3 is 2.82 bits per heavy atom. The highest BCUT2D eigenvalue weighted by Crippen LogP contribution is 2.01. The van der Waals surface area contributed by atoms with Crippen LogP contribution in [0.5, 0.6) is 0 Å². The molecule has 0 aromatic heterocycles. The van der Waals surface area contributed by atoms with E-state index >= 15 is 0 Å². The molecule has 0 fully saturated rings. The molecular weight excluding hydrogens is 140 g/mol. The molecule has 62 valence electrons. The fraction of sp³-hybridized carbons (Fsp3) is 0.556. The molecule has 0 spiro atoms. The molecule has 1 N–H and O–H groups in total. The van der Waals surface area contributed by atoms with Gasteiger partial charge in [-0.3, -0.25) is 4.79 Å². The lowest BCUT2D eigenvalue weighted by molar-refractivity contribution is -0.137. The van der Waals surface area contributed by atoms with E-state index < -0.39 is 5.97 Å². The van der Waals surface area contributed by atoms with Crippen LogP contribution >= 0.6 is 0 Å². The van der Waals surface area contributed by atoms with Gasteiger partial charge in [0.2, 0.25) is 0 Å². The van der Waals surface area contributed by atoms with E-state index in [-0.39, 0.29) is 12.3 Å². The van der Waals surface area contributed by atoms with Gasteiger partial charge in [-0.2, -0.15) is 0 Å². The summed E-state index contributed by atoms with van der Waals surface area (Å²) in [6.07, 6.45) is 4.80. The Kier molecular flexibility index (Phi) is 5.22. The van der Waals surface area contributed by atoms with Gasteiger partial charge >= 0.3 is 5.97 Å². The maximum Gasteiger partial charge on any atom is 0.303 e. The van der Waals surface area contributed by atoms with Crippen molar-refractivity contribution in [3.8, 4) is 0 Å². The summed E-state index contributed by atoms with van der Waals surface area (Å²) in [6, 6.07) is 0. The van der Waals surface area contributed by atoms with Gasteiger partial charge in [-0.1, -0.05) is 13.8 Å². The standard InChI is InChI=1S/C9H14O2/c1-3-4-5-6-8(2)7-9(10)11/h4,6,8H,3,7H2,1-2H3,(H,10,11)/t5?,8-/m1/s1. The highest BCUT2D eigenvalue weighted by molar-refractivity contribution is 5.67. The predicted octanol–water partition coefficient (Wildman–Crippen LogP) is 2.22. The van der Waals surface area contributed by atoms with Crippen LogP contribution in [0.25, 0.3) is 0 Å². The molecule has 0 rings (SSSR count). The lowest BCUT2D eigenvalue weighted by atomic mass is 10.1. The quantitative estimate of drug-likeness (QED) is 0.630. The van der Waals surface area contributed by atoms with Crippen molar-refractivity contribution >= 4 is 5.97 Å². The molecule has 0 saturated carbocycles. The number of allylic oxidation sites excluding steroid dienone is 1. The van der Waals surface area contributed by atoms with Crippen LogP contribution in [0.3, 0.4) is 0 Å². The summed E-state index contributed by atoms with van der Waals surface area (Å²) in [5, 5.41) is 8.38. The van der Waals surface area contributed by atoms with Crippen molar-refractivity contribution in [1.82, 2.24) is 0 Å². The maximum atomic E-state index is 10.2. The second-order valence-corrected chi connectivity index (χ2v) is 2.52. The Balaban J connectivity index is 3.76. The maximum absolute atomic E-state index is 10.2. The summed E-state index contributed by atoms with van der Waals surface area (Å²) in [7, 11) is 0. The molecule has 1 atom stereocenters. The van der Waals surface area contributed by atoms with E-state index in [2.05, 4.69) is 5.73 Å². The molecule has 0 bridgehead atoms. The lowest BCUT2D eigenvalue weighted by Gasteiger charge is -1.96. The third-order valence-electron chi connectivity index (χ3n) is 1.20. The van der Waals surface area contributed by atoms with E-state index in [1.54, 1.807) is 6.08 Å². The molecule has 0 heterocycles. The zero-order valence-corrected chi connectivity index (χ0v) is 7.00. The van der Waals surface area contributed by atoms with Crippen LogP contribution in [0.15, 0.2) is 17.9 Å². The SMILES string of the molecule is CCC=C=C[C@@H](C)CC(=O)O. The van der Waals surface area contributed by atoms with E-state index in [0.717, 1.165) is 6.42 Å². The zero-order valence-electron chi connectivity index (χ0n) is 7.00. The summed E-state index contributed by atoms with van der Waals surface area (Å²) in [6.45, 7) is 3.88. The Hall–Kier alpha value is -1.01. The second kappa shape index (κ2) is 5.75. The van der Waals surface area contributed by atoms with E-state index in [1.807, 2.05) is 19.9 Å². The second-order valence-electron chi connectivity index (χ2n) is 2.52. The number of hydrogen-bond donors (Lipinski definition) is 1. The summed E-state index contributed by atoms with van der Waals surface area (Å²) in [5.74, 6) is -0.678. The van der Waals surface area contributed by atoms with Gasteiger partial charge in [0, 0.05) is 0 Å². The Morgan fingerprint density at radius 1 is 1.73 bits per heavy atom. The van der Waals surface area contributed by atoms with Crippen LogP contribution in [0.1, 0.15) is 26.7 Å². The average Bonchev–Trinajstić information content (AvgIpc) is 1.86. The van der Waals surface area contributed by atoms with Crippen molar-refractivity contribution < 1.29 is 9.90 Å². The number of hydrogen-bond acceptors (Lipinski definition) is 1. The molecule has 0 aromatic carbocycles. The first-order chi connectivity index (χ1) is 5.16. The van der Waals surface area contributed by atoms with Crippen molar-refractivity contribution in [2.75, 3.05) is 0 Å². The van der Waals surface area contributed by atoms with Crippen molar-refractivity contribution in [2.24, 2.45) is 5.92 Å². The first-order valence-electron chi connectivity index (χ1n) is 3.79. The highest BCUT2D eigenvalue weighted by Gasteiger charge is 2.01. The van der Waals surface area contributed by atoms with Crippen LogP contribution in [0.2, 0.25) is 0 Å².